The molecule has 1 aromatic heterocycles. The van der Waals surface area contributed by atoms with Crippen LogP contribution in [-0.4, -0.2) is 0 Å². The molecular formula is C25H32S. The molecule has 1 heteroatoms. The molecule has 0 bridgehead atoms. The molecule has 2 aromatic carbocycles. The Morgan fingerprint density at radius 2 is 1.62 bits per heavy atom. The van der Waals surface area contributed by atoms with Crippen molar-refractivity contribution in [1.82, 2.24) is 0 Å². The number of fused-ring (bicyclic) bond motifs is 1. The van der Waals surface area contributed by atoms with Crippen molar-refractivity contribution in [2.45, 2.75) is 53.4 Å². The van der Waals surface area contributed by atoms with Crippen molar-refractivity contribution in [3.8, 4) is 10.4 Å². The van der Waals surface area contributed by atoms with Crippen molar-refractivity contribution in [3.63, 3.8) is 0 Å². The topological polar surface area (TPSA) is 0 Å². The highest BCUT2D eigenvalue weighted by atomic mass is 32.1. The van der Waals surface area contributed by atoms with Gasteiger partial charge in [-0.25, -0.2) is 0 Å². The van der Waals surface area contributed by atoms with Crippen molar-refractivity contribution in [1.29, 1.82) is 0 Å². The van der Waals surface area contributed by atoms with Crippen LogP contribution in [0.1, 0.15) is 63.6 Å². The fourth-order valence-corrected chi connectivity index (χ4v) is 4.44. The predicted octanol–water partition coefficient (Wildman–Crippen LogP) is 8.18. The van der Waals surface area contributed by atoms with Crippen molar-refractivity contribution < 1.29 is 0 Å². The van der Waals surface area contributed by atoms with Gasteiger partial charge in [-0.3, -0.25) is 0 Å². The molecule has 138 valence electrons. The summed E-state index contributed by atoms with van der Waals surface area (Å²) in [5.41, 5.74) is 5.88. The molecule has 1 aliphatic rings. The number of rotatable bonds is 2. The van der Waals surface area contributed by atoms with Gasteiger partial charge in [0.15, 0.2) is 0 Å². The van der Waals surface area contributed by atoms with Gasteiger partial charge in [0.25, 0.3) is 0 Å². The average molecular weight is 365 g/mol. The maximum absolute atomic E-state index is 2.39. The first-order valence-electron chi connectivity index (χ1n) is 10.0. The Hall–Kier alpha value is -1.86. The van der Waals surface area contributed by atoms with Gasteiger partial charge in [0.05, 0.1) is 0 Å². The molecule has 1 heterocycles. The Morgan fingerprint density at radius 1 is 0.846 bits per heavy atom. The molecule has 1 unspecified atom stereocenters. The zero-order valence-electron chi connectivity index (χ0n) is 16.8. The monoisotopic (exact) mass is 364 g/mol. The van der Waals surface area contributed by atoms with Crippen molar-refractivity contribution >= 4 is 11.3 Å². The molecule has 0 saturated heterocycles. The summed E-state index contributed by atoms with van der Waals surface area (Å²) in [4.78, 5) is 1.36. The molecular weight excluding hydrogens is 332 g/mol. The van der Waals surface area contributed by atoms with Crippen LogP contribution >= 0.6 is 11.3 Å². The van der Waals surface area contributed by atoms with E-state index in [0.717, 1.165) is 5.92 Å². The van der Waals surface area contributed by atoms with E-state index in [2.05, 4.69) is 73.0 Å². The highest BCUT2D eigenvalue weighted by Crippen LogP contribution is 2.40. The van der Waals surface area contributed by atoms with Crippen LogP contribution in [0, 0.1) is 5.92 Å². The zero-order valence-corrected chi connectivity index (χ0v) is 17.6. The highest BCUT2D eigenvalue weighted by Gasteiger charge is 2.25. The van der Waals surface area contributed by atoms with Gasteiger partial charge in [-0.15, -0.1) is 11.3 Å². The minimum Gasteiger partial charge on any atom is -0.144 e. The van der Waals surface area contributed by atoms with Crippen molar-refractivity contribution in [3.05, 3.63) is 82.7 Å². The normalized spacial score (nSPS) is 17.9. The summed E-state index contributed by atoms with van der Waals surface area (Å²) >= 11 is 1.82. The summed E-state index contributed by atoms with van der Waals surface area (Å²) in [6.45, 7) is 10.4. The number of thiophene rings is 1. The lowest BCUT2D eigenvalue weighted by Crippen LogP contribution is -2.17. The maximum Gasteiger partial charge on any atom is 0.0342 e. The Labute approximate surface area is 163 Å². The summed E-state index contributed by atoms with van der Waals surface area (Å²) in [5, 5.41) is 2.15. The first-order valence-corrected chi connectivity index (χ1v) is 10.9. The molecule has 0 amide bonds. The van der Waals surface area contributed by atoms with E-state index in [-0.39, 0.29) is 0 Å². The fraction of sp³-hybridized carbons (Fsp3) is 0.360. The SMILES string of the molecule is CC.CC.C[C@@H]1Cc2ccccc2C(c2cccc(-c3cccs3)c2)C1. The van der Waals surface area contributed by atoms with E-state index in [9.17, 15) is 0 Å². The van der Waals surface area contributed by atoms with Gasteiger partial charge in [0.2, 0.25) is 0 Å². The predicted molar refractivity (Wildman–Crippen MR) is 118 cm³/mol. The molecule has 0 fully saturated rings. The Bertz CT molecular complexity index is 770. The largest absolute Gasteiger partial charge is 0.144 e. The third kappa shape index (κ3) is 4.65. The van der Waals surface area contributed by atoms with Crippen LogP contribution in [-0.2, 0) is 6.42 Å². The summed E-state index contributed by atoms with van der Waals surface area (Å²) in [7, 11) is 0. The molecule has 2 atom stereocenters. The van der Waals surface area contributed by atoms with Gasteiger partial charge >= 0.3 is 0 Å². The minimum absolute atomic E-state index is 0.542. The van der Waals surface area contributed by atoms with Crippen LogP contribution < -0.4 is 0 Å². The Balaban J connectivity index is 0.000000570. The summed E-state index contributed by atoms with van der Waals surface area (Å²) in [6.07, 6.45) is 2.47. The van der Waals surface area contributed by atoms with Gasteiger partial charge in [-0.05, 0) is 58.5 Å². The Morgan fingerprint density at radius 3 is 2.35 bits per heavy atom. The second-order valence-electron chi connectivity index (χ2n) is 6.40. The van der Waals surface area contributed by atoms with E-state index in [1.165, 1.54) is 40.0 Å². The van der Waals surface area contributed by atoms with E-state index in [1.807, 2.05) is 39.0 Å². The molecule has 0 saturated carbocycles. The quantitative estimate of drug-likeness (QED) is 0.430. The van der Waals surface area contributed by atoms with E-state index < -0.39 is 0 Å². The smallest absolute Gasteiger partial charge is 0.0342 e. The van der Waals surface area contributed by atoms with Crippen LogP contribution in [0.5, 0.6) is 0 Å². The van der Waals surface area contributed by atoms with Crippen molar-refractivity contribution in [2.75, 3.05) is 0 Å². The van der Waals surface area contributed by atoms with Gasteiger partial charge in [0.1, 0.15) is 0 Å². The van der Waals surface area contributed by atoms with Crippen LogP contribution in [0.2, 0.25) is 0 Å². The molecule has 1 aliphatic carbocycles. The molecule has 0 N–H and O–H groups in total. The average Bonchev–Trinajstić information content (AvgIpc) is 3.25. The molecule has 0 nitrogen and oxygen atoms in total. The zero-order chi connectivity index (χ0) is 18.9. The third-order valence-corrected chi connectivity index (χ3v) is 5.65. The van der Waals surface area contributed by atoms with Gasteiger partial charge < -0.3 is 0 Å². The Kier molecular flexibility index (Phi) is 8.12. The molecule has 3 aromatic rings. The summed E-state index contributed by atoms with van der Waals surface area (Å²) in [5.74, 6) is 1.30. The van der Waals surface area contributed by atoms with E-state index in [0.29, 0.717) is 5.92 Å². The summed E-state index contributed by atoms with van der Waals surface area (Å²) < 4.78 is 0. The lowest BCUT2D eigenvalue weighted by molar-refractivity contribution is 0.464. The first-order chi connectivity index (χ1) is 12.8. The van der Waals surface area contributed by atoms with Gasteiger partial charge in [-0.1, -0.05) is 83.1 Å². The van der Waals surface area contributed by atoms with E-state index in [4.69, 9.17) is 0 Å². The van der Waals surface area contributed by atoms with E-state index >= 15 is 0 Å². The van der Waals surface area contributed by atoms with Gasteiger partial charge in [0, 0.05) is 10.8 Å². The van der Waals surface area contributed by atoms with Crippen LogP contribution in [0.4, 0.5) is 0 Å². The second kappa shape index (κ2) is 10.3. The number of hydrogen-bond acceptors (Lipinski definition) is 1. The second-order valence-corrected chi connectivity index (χ2v) is 7.35. The standard InChI is InChI=1S/C21H20S.2C2H6/c1-15-12-16-6-2-3-9-19(16)20(13-15)17-7-4-8-18(14-17)21-10-5-11-22-21;2*1-2/h2-11,14-15,20H,12-13H2,1H3;2*1-2H3/t15-,20?;;/m1../s1. The van der Waals surface area contributed by atoms with E-state index in [1.54, 1.807) is 0 Å². The highest BCUT2D eigenvalue weighted by molar-refractivity contribution is 7.13. The molecule has 26 heavy (non-hydrogen) atoms. The number of benzene rings is 2. The van der Waals surface area contributed by atoms with Crippen molar-refractivity contribution in [2.24, 2.45) is 5.92 Å². The minimum atomic E-state index is 0.542. The summed E-state index contributed by atoms with van der Waals surface area (Å²) in [6, 6.07) is 22.5. The lowest BCUT2D eigenvalue weighted by Gasteiger charge is -2.30. The molecule has 0 spiro atoms. The first kappa shape index (κ1) is 20.5. The maximum atomic E-state index is 2.39. The molecule has 0 aliphatic heterocycles. The van der Waals surface area contributed by atoms with Gasteiger partial charge in [-0.2, -0.15) is 0 Å². The van der Waals surface area contributed by atoms with Crippen LogP contribution in [0.25, 0.3) is 10.4 Å². The fourth-order valence-electron chi connectivity index (χ4n) is 3.72. The lowest BCUT2D eigenvalue weighted by atomic mass is 9.74. The molecule has 4 rings (SSSR count). The van der Waals surface area contributed by atoms with Crippen LogP contribution in [0.3, 0.4) is 0 Å². The third-order valence-electron chi connectivity index (χ3n) is 4.73. The van der Waals surface area contributed by atoms with Crippen LogP contribution in [0.15, 0.2) is 66.0 Å². The number of hydrogen-bond donors (Lipinski definition) is 0. The molecule has 0 radical (unpaired) electrons.